The van der Waals surface area contributed by atoms with E-state index in [0.717, 1.165) is 17.9 Å². The molecule has 0 aromatic heterocycles. The summed E-state index contributed by atoms with van der Waals surface area (Å²) < 4.78 is 0. The highest BCUT2D eigenvalue weighted by molar-refractivity contribution is 6.30. The van der Waals surface area contributed by atoms with E-state index in [1.165, 1.54) is 18.4 Å². The second-order valence-corrected chi connectivity index (χ2v) is 4.34. The van der Waals surface area contributed by atoms with E-state index >= 15 is 0 Å². The van der Waals surface area contributed by atoms with Crippen LogP contribution in [0.1, 0.15) is 44.1 Å². The number of hydrogen-bond acceptors (Lipinski definition) is 1. The van der Waals surface area contributed by atoms with Gasteiger partial charge >= 0.3 is 0 Å². The molecule has 0 fully saturated rings. The molecule has 15 heavy (non-hydrogen) atoms. The Bertz CT molecular complexity index is 268. The van der Waals surface area contributed by atoms with Crippen molar-refractivity contribution in [1.82, 2.24) is 0 Å². The standard InChI is InChI=1S/C13H19ClO/c1-2-3-4-11(9-10-15)12-5-7-13(14)8-6-12/h5-8,11,15H,2-4,9-10H2,1H3/t11-/m1/s1. The molecular weight excluding hydrogens is 208 g/mol. The zero-order chi connectivity index (χ0) is 11.1. The highest BCUT2D eigenvalue weighted by atomic mass is 35.5. The zero-order valence-electron chi connectivity index (χ0n) is 9.25. The number of benzene rings is 1. The van der Waals surface area contributed by atoms with E-state index in [4.69, 9.17) is 16.7 Å². The van der Waals surface area contributed by atoms with E-state index in [0.29, 0.717) is 5.92 Å². The molecule has 0 heterocycles. The molecule has 0 saturated carbocycles. The molecule has 2 heteroatoms. The summed E-state index contributed by atoms with van der Waals surface area (Å²) in [7, 11) is 0. The van der Waals surface area contributed by atoms with Gasteiger partial charge < -0.3 is 5.11 Å². The second-order valence-electron chi connectivity index (χ2n) is 3.90. The van der Waals surface area contributed by atoms with Crippen LogP contribution in [0.25, 0.3) is 0 Å². The fraction of sp³-hybridized carbons (Fsp3) is 0.538. The van der Waals surface area contributed by atoms with Crippen LogP contribution in [0.4, 0.5) is 0 Å². The summed E-state index contributed by atoms with van der Waals surface area (Å²) in [6.45, 7) is 2.45. The van der Waals surface area contributed by atoms with Gasteiger partial charge in [0.2, 0.25) is 0 Å². The first-order valence-corrected chi connectivity index (χ1v) is 6.02. The van der Waals surface area contributed by atoms with Crippen molar-refractivity contribution in [1.29, 1.82) is 0 Å². The lowest BCUT2D eigenvalue weighted by atomic mass is 9.91. The van der Waals surface area contributed by atoms with Gasteiger partial charge in [-0.2, -0.15) is 0 Å². The molecule has 0 spiro atoms. The summed E-state index contributed by atoms with van der Waals surface area (Å²) in [6.07, 6.45) is 4.42. The van der Waals surface area contributed by atoms with Crippen molar-refractivity contribution < 1.29 is 5.11 Å². The Morgan fingerprint density at radius 3 is 2.40 bits per heavy atom. The molecule has 0 saturated heterocycles. The average molecular weight is 227 g/mol. The highest BCUT2D eigenvalue weighted by Crippen LogP contribution is 2.26. The van der Waals surface area contributed by atoms with Crippen molar-refractivity contribution in [2.75, 3.05) is 6.61 Å². The smallest absolute Gasteiger partial charge is 0.0436 e. The van der Waals surface area contributed by atoms with Gasteiger partial charge in [-0.25, -0.2) is 0 Å². The third kappa shape index (κ3) is 4.23. The Morgan fingerprint density at radius 1 is 1.20 bits per heavy atom. The fourth-order valence-electron chi connectivity index (χ4n) is 1.82. The van der Waals surface area contributed by atoms with E-state index in [9.17, 15) is 0 Å². The first kappa shape index (κ1) is 12.5. The van der Waals surface area contributed by atoms with Crippen LogP contribution in [0.2, 0.25) is 5.02 Å². The number of unbranched alkanes of at least 4 members (excludes halogenated alkanes) is 1. The second kappa shape index (κ2) is 6.86. The predicted molar refractivity (Wildman–Crippen MR) is 65.4 cm³/mol. The minimum atomic E-state index is 0.261. The summed E-state index contributed by atoms with van der Waals surface area (Å²) in [4.78, 5) is 0. The minimum Gasteiger partial charge on any atom is -0.396 e. The lowest BCUT2D eigenvalue weighted by Gasteiger charge is -2.15. The molecule has 1 N–H and O–H groups in total. The molecule has 1 rings (SSSR count). The summed E-state index contributed by atoms with van der Waals surface area (Å²) in [6, 6.07) is 7.98. The van der Waals surface area contributed by atoms with Crippen LogP contribution in [-0.4, -0.2) is 11.7 Å². The van der Waals surface area contributed by atoms with Crippen LogP contribution in [0.5, 0.6) is 0 Å². The largest absolute Gasteiger partial charge is 0.396 e. The van der Waals surface area contributed by atoms with Crippen molar-refractivity contribution in [2.24, 2.45) is 0 Å². The van der Waals surface area contributed by atoms with Crippen molar-refractivity contribution >= 4 is 11.6 Å². The lowest BCUT2D eigenvalue weighted by Crippen LogP contribution is -2.01. The topological polar surface area (TPSA) is 20.2 Å². The van der Waals surface area contributed by atoms with Crippen molar-refractivity contribution in [3.63, 3.8) is 0 Å². The van der Waals surface area contributed by atoms with Gasteiger partial charge in [-0.05, 0) is 36.5 Å². The van der Waals surface area contributed by atoms with Crippen molar-refractivity contribution in [3.05, 3.63) is 34.9 Å². The van der Waals surface area contributed by atoms with Crippen LogP contribution in [-0.2, 0) is 0 Å². The molecule has 0 unspecified atom stereocenters. The Kier molecular flexibility index (Phi) is 5.74. The molecule has 1 aromatic carbocycles. The van der Waals surface area contributed by atoms with Crippen LogP contribution in [0.3, 0.4) is 0 Å². The average Bonchev–Trinajstić information content (AvgIpc) is 2.25. The van der Waals surface area contributed by atoms with Crippen molar-refractivity contribution in [3.8, 4) is 0 Å². The van der Waals surface area contributed by atoms with Gasteiger partial charge in [0.15, 0.2) is 0 Å². The summed E-state index contributed by atoms with van der Waals surface area (Å²) in [5.41, 5.74) is 1.29. The number of hydrogen-bond donors (Lipinski definition) is 1. The minimum absolute atomic E-state index is 0.261. The third-order valence-electron chi connectivity index (χ3n) is 2.73. The number of rotatable bonds is 6. The van der Waals surface area contributed by atoms with Gasteiger partial charge in [0.25, 0.3) is 0 Å². The Labute approximate surface area is 97.1 Å². The fourth-order valence-corrected chi connectivity index (χ4v) is 1.94. The van der Waals surface area contributed by atoms with Crippen LogP contribution in [0.15, 0.2) is 24.3 Å². The van der Waals surface area contributed by atoms with Gasteiger partial charge in [0.1, 0.15) is 0 Å². The number of aliphatic hydroxyl groups excluding tert-OH is 1. The maximum Gasteiger partial charge on any atom is 0.0436 e. The van der Waals surface area contributed by atoms with Gasteiger partial charge in [-0.15, -0.1) is 0 Å². The molecular formula is C13H19ClO. The Morgan fingerprint density at radius 2 is 1.87 bits per heavy atom. The lowest BCUT2D eigenvalue weighted by molar-refractivity contribution is 0.271. The molecule has 84 valence electrons. The molecule has 1 nitrogen and oxygen atoms in total. The highest BCUT2D eigenvalue weighted by Gasteiger charge is 2.09. The molecule has 0 radical (unpaired) electrons. The molecule has 0 aliphatic carbocycles. The van der Waals surface area contributed by atoms with Gasteiger partial charge in [0.05, 0.1) is 0 Å². The number of halogens is 1. The van der Waals surface area contributed by atoms with Crippen LogP contribution >= 0.6 is 11.6 Å². The Hall–Kier alpha value is -0.530. The van der Waals surface area contributed by atoms with Gasteiger partial charge in [0, 0.05) is 11.6 Å². The molecule has 0 aliphatic rings. The van der Waals surface area contributed by atoms with Crippen LogP contribution in [0, 0.1) is 0 Å². The molecule has 1 atom stereocenters. The van der Waals surface area contributed by atoms with E-state index in [-0.39, 0.29) is 6.61 Å². The summed E-state index contributed by atoms with van der Waals surface area (Å²) >= 11 is 5.85. The quantitative estimate of drug-likeness (QED) is 0.778. The van der Waals surface area contributed by atoms with Gasteiger partial charge in [-0.1, -0.05) is 43.5 Å². The zero-order valence-corrected chi connectivity index (χ0v) is 10.0. The maximum absolute atomic E-state index is 9.03. The van der Waals surface area contributed by atoms with E-state index in [2.05, 4.69) is 19.1 Å². The third-order valence-corrected chi connectivity index (χ3v) is 2.98. The molecule has 0 bridgehead atoms. The van der Waals surface area contributed by atoms with Gasteiger partial charge in [-0.3, -0.25) is 0 Å². The maximum atomic E-state index is 9.03. The molecule has 0 aliphatic heterocycles. The number of aliphatic hydroxyl groups is 1. The molecule has 1 aromatic rings. The first-order chi connectivity index (χ1) is 7.27. The van der Waals surface area contributed by atoms with E-state index in [1.54, 1.807) is 0 Å². The summed E-state index contributed by atoms with van der Waals surface area (Å²) in [5, 5.41) is 9.80. The van der Waals surface area contributed by atoms with Crippen molar-refractivity contribution in [2.45, 2.75) is 38.5 Å². The monoisotopic (exact) mass is 226 g/mol. The SMILES string of the molecule is CCCC[C@H](CCO)c1ccc(Cl)cc1. The predicted octanol–water partition coefficient (Wildman–Crippen LogP) is 4.00. The summed E-state index contributed by atoms with van der Waals surface area (Å²) in [5.74, 6) is 0.479. The Balaban J connectivity index is 2.65. The molecule has 0 amide bonds. The van der Waals surface area contributed by atoms with E-state index < -0.39 is 0 Å². The first-order valence-electron chi connectivity index (χ1n) is 5.64. The van der Waals surface area contributed by atoms with E-state index in [1.807, 2.05) is 12.1 Å². The van der Waals surface area contributed by atoms with Crippen LogP contribution < -0.4 is 0 Å². The normalized spacial score (nSPS) is 12.7.